The maximum Gasteiger partial charge on any atom is 0.240 e. The van der Waals surface area contributed by atoms with Gasteiger partial charge in [-0.15, -0.1) is 0 Å². The molecule has 0 aliphatic heterocycles. The fourth-order valence-electron chi connectivity index (χ4n) is 1.94. The lowest BCUT2D eigenvalue weighted by molar-refractivity contribution is -0.121. The number of amides is 1. The average molecular weight is 336 g/mol. The van der Waals surface area contributed by atoms with Crippen LogP contribution in [0.1, 0.15) is 24.2 Å². The van der Waals surface area contributed by atoms with Crippen molar-refractivity contribution in [3.63, 3.8) is 0 Å². The lowest BCUT2D eigenvalue weighted by atomic mass is 10.2. The highest BCUT2D eigenvalue weighted by molar-refractivity contribution is 7.89. The first-order chi connectivity index (χ1) is 11.0. The molecular weight excluding hydrogens is 316 g/mol. The minimum Gasteiger partial charge on any atom is -0.467 e. The van der Waals surface area contributed by atoms with Gasteiger partial charge in [0.25, 0.3) is 0 Å². The lowest BCUT2D eigenvalue weighted by Crippen LogP contribution is -2.27. The first-order valence-electron chi connectivity index (χ1n) is 7.33. The summed E-state index contributed by atoms with van der Waals surface area (Å²) in [5.41, 5.74) is 0.997. The van der Waals surface area contributed by atoms with Gasteiger partial charge in [0.2, 0.25) is 15.9 Å². The predicted molar refractivity (Wildman–Crippen MR) is 86.2 cm³/mol. The first-order valence-corrected chi connectivity index (χ1v) is 8.81. The number of benzene rings is 1. The van der Waals surface area contributed by atoms with Crippen LogP contribution in [0.5, 0.6) is 0 Å². The Hall–Kier alpha value is -2.12. The summed E-state index contributed by atoms with van der Waals surface area (Å²) in [6.45, 7) is 2.44. The van der Waals surface area contributed by atoms with E-state index >= 15 is 0 Å². The van der Waals surface area contributed by atoms with Crippen LogP contribution >= 0.6 is 0 Å². The van der Waals surface area contributed by atoms with E-state index in [1.54, 1.807) is 42.7 Å². The molecule has 0 spiro atoms. The number of carbonyl (C=O) groups excluding carboxylic acids is 1. The molecule has 0 aliphatic rings. The Balaban J connectivity index is 1.70. The van der Waals surface area contributed by atoms with Crippen LogP contribution in [-0.4, -0.2) is 20.9 Å². The maximum atomic E-state index is 12.0. The molecular formula is C16H20N2O4S. The van der Waals surface area contributed by atoms with Gasteiger partial charge in [-0.05, 0) is 37.6 Å². The first kappa shape index (κ1) is 17.2. The molecule has 2 aromatic rings. The van der Waals surface area contributed by atoms with Crippen LogP contribution in [0.3, 0.4) is 0 Å². The third kappa shape index (κ3) is 5.54. The van der Waals surface area contributed by atoms with Crippen LogP contribution in [0.25, 0.3) is 0 Å². The van der Waals surface area contributed by atoms with Crippen LogP contribution < -0.4 is 10.0 Å². The molecule has 0 unspecified atom stereocenters. The molecule has 23 heavy (non-hydrogen) atoms. The van der Waals surface area contributed by atoms with Gasteiger partial charge in [-0.3, -0.25) is 4.79 Å². The zero-order chi connectivity index (χ0) is 16.7. The van der Waals surface area contributed by atoms with Gasteiger partial charge in [-0.1, -0.05) is 17.7 Å². The molecule has 1 aromatic heterocycles. The second kappa shape index (κ2) is 7.94. The predicted octanol–water partition coefficient (Wildman–Crippen LogP) is 1.96. The zero-order valence-electron chi connectivity index (χ0n) is 12.9. The Morgan fingerprint density at radius 2 is 1.91 bits per heavy atom. The summed E-state index contributed by atoms with van der Waals surface area (Å²) in [6.07, 6.45) is 2.22. The van der Waals surface area contributed by atoms with Crippen molar-refractivity contribution >= 4 is 15.9 Å². The zero-order valence-corrected chi connectivity index (χ0v) is 13.7. The Labute approximate surface area is 135 Å². The minimum atomic E-state index is -3.52. The van der Waals surface area contributed by atoms with Gasteiger partial charge in [0, 0.05) is 13.0 Å². The van der Waals surface area contributed by atoms with Crippen LogP contribution in [0.15, 0.2) is 52.0 Å². The van der Waals surface area contributed by atoms with E-state index in [-0.39, 0.29) is 23.8 Å². The normalized spacial score (nSPS) is 11.3. The standard InChI is InChI=1S/C16H20N2O4S/c1-13-6-8-15(9-7-13)23(20,21)18-10-2-5-16(19)17-12-14-4-3-11-22-14/h3-4,6-9,11,18H,2,5,10,12H2,1H3,(H,17,19). The molecule has 124 valence electrons. The number of hydrogen-bond acceptors (Lipinski definition) is 4. The van der Waals surface area contributed by atoms with Crippen molar-refractivity contribution < 1.29 is 17.6 Å². The van der Waals surface area contributed by atoms with Gasteiger partial charge >= 0.3 is 0 Å². The van der Waals surface area contributed by atoms with Crippen molar-refractivity contribution in [2.24, 2.45) is 0 Å². The summed E-state index contributed by atoms with van der Waals surface area (Å²) in [5.74, 6) is 0.536. The Bertz CT molecular complexity index is 722. The van der Waals surface area contributed by atoms with E-state index in [1.165, 1.54) is 0 Å². The van der Waals surface area contributed by atoms with E-state index in [0.717, 1.165) is 5.56 Å². The molecule has 0 saturated carbocycles. The molecule has 0 atom stereocenters. The van der Waals surface area contributed by atoms with Crippen molar-refractivity contribution in [3.05, 3.63) is 54.0 Å². The maximum absolute atomic E-state index is 12.0. The summed E-state index contributed by atoms with van der Waals surface area (Å²) in [7, 11) is -3.52. The van der Waals surface area contributed by atoms with Crippen LogP contribution in [0.4, 0.5) is 0 Å². The number of hydrogen-bond donors (Lipinski definition) is 2. The van der Waals surface area contributed by atoms with Crippen molar-refractivity contribution in [3.8, 4) is 0 Å². The molecule has 7 heteroatoms. The summed E-state index contributed by atoms with van der Waals surface area (Å²) in [6, 6.07) is 10.1. The van der Waals surface area contributed by atoms with Gasteiger partial charge in [0.15, 0.2) is 0 Å². The average Bonchev–Trinajstić information content (AvgIpc) is 3.03. The van der Waals surface area contributed by atoms with Crippen molar-refractivity contribution in [1.29, 1.82) is 0 Å². The molecule has 2 rings (SSSR count). The van der Waals surface area contributed by atoms with E-state index in [4.69, 9.17) is 4.42 Å². The quantitative estimate of drug-likeness (QED) is 0.721. The number of rotatable bonds is 8. The summed E-state index contributed by atoms with van der Waals surface area (Å²) in [4.78, 5) is 11.9. The summed E-state index contributed by atoms with van der Waals surface area (Å²) >= 11 is 0. The van der Waals surface area contributed by atoms with Gasteiger partial charge in [-0.25, -0.2) is 13.1 Å². The van der Waals surface area contributed by atoms with Crippen LogP contribution in [0.2, 0.25) is 0 Å². The SMILES string of the molecule is Cc1ccc(S(=O)(=O)NCCCC(=O)NCc2ccco2)cc1. The molecule has 0 radical (unpaired) electrons. The smallest absolute Gasteiger partial charge is 0.240 e. The Morgan fingerprint density at radius 1 is 1.17 bits per heavy atom. The van der Waals surface area contributed by atoms with E-state index < -0.39 is 10.0 Å². The lowest BCUT2D eigenvalue weighted by Gasteiger charge is -2.07. The number of nitrogens with one attached hydrogen (secondary N) is 2. The van der Waals surface area contributed by atoms with Crippen molar-refractivity contribution in [1.82, 2.24) is 10.0 Å². The van der Waals surface area contributed by atoms with E-state index in [1.807, 2.05) is 6.92 Å². The number of carbonyl (C=O) groups is 1. The fourth-order valence-corrected chi connectivity index (χ4v) is 3.02. The topological polar surface area (TPSA) is 88.4 Å². The monoisotopic (exact) mass is 336 g/mol. The second-order valence-corrected chi connectivity index (χ2v) is 6.94. The van der Waals surface area contributed by atoms with Gasteiger partial charge in [0.1, 0.15) is 5.76 Å². The van der Waals surface area contributed by atoms with Crippen molar-refractivity contribution in [2.75, 3.05) is 6.54 Å². The summed E-state index contributed by atoms with van der Waals surface area (Å²) in [5, 5.41) is 2.71. The van der Waals surface area contributed by atoms with Crippen LogP contribution in [-0.2, 0) is 21.4 Å². The van der Waals surface area contributed by atoms with E-state index in [2.05, 4.69) is 10.0 Å². The van der Waals surface area contributed by atoms with E-state index in [9.17, 15) is 13.2 Å². The fraction of sp³-hybridized carbons (Fsp3) is 0.312. The number of sulfonamides is 1. The molecule has 0 fully saturated rings. The third-order valence-corrected chi connectivity index (χ3v) is 4.72. The molecule has 1 aromatic carbocycles. The molecule has 0 aliphatic carbocycles. The molecule has 1 heterocycles. The largest absolute Gasteiger partial charge is 0.467 e. The number of furan rings is 1. The number of aryl methyl sites for hydroxylation is 1. The molecule has 0 bridgehead atoms. The van der Waals surface area contributed by atoms with Gasteiger partial charge in [-0.2, -0.15) is 0 Å². The summed E-state index contributed by atoms with van der Waals surface area (Å²) < 4.78 is 31.7. The van der Waals surface area contributed by atoms with Crippen LogP contribution in [0, 0.1) is 6.92 Å². The molecule has 1 amide bonds. The Kier molecular flexibility index (Phi) is 5.95. The molecule has 2 N–H and O–H groups in total. The Morgan fingerprint density at radius 3 is 2.57 bits per heavy atom. The molecule has 0 saturated heterocycles. The second-order valence-electron chi connectivity index (χ2n) is 5.17. The van der Waals surface area contributed by atoms with Gasteiger partial charge < -0.3 is 9.73 Å². The highest BCUT2D eigenvalue weighted by Gasteiger charge is 2.13. The van der Waals surface area contributed by atoms with Gasteiger partial charge in [0.05, 0.1) is 17.7 Å². The highest BCUT2D eigenvalue weighted by Crippen LogP contribution is 2.09. The molecule has 6 nitrogen and oxygen atoms in total. The highest BCUT2D eigenvalue weighted by atomic mass is 32.2. The third-order valence-electron chi connectivity index (χ3n) is 3.24. The van der Waals surface area contributed by atoms with Crippen molar-refractivity contribution in [2.45, 2.75) is 31.2 Å². The van der Waals surface area contributed by atoms with E-state index in [0.29, 0.717) is 18.7 Å². The minimum absolute atomic E-state index is 0.143.